The number of likely N-dealkylation sites (tertiary alicyclic amines) is 1. The molecule has 1 unspecified atom stereocenters. The number of ketones is 1. The van der Waals surface area contributed by atoms with E-state index >= 15 is 0 Å². The van der Waals surface area contributed by atoms with Gasteiger partial charge in [-0.25, -0.2) is 0 Å². The van der Waals surface area contributed by atoms with Crippen molar-refractivity contribution < 1.29 is 19.4 Å². The van der Waals surface area contributed by atoms with E-state index in [0.717, 1.165) is 0 Å². The van der Waals surface area contributed by atoms with Gasteiger partial charge in [0.05, 0.1) is 24.3 Å². The molecule has 2 aromatic rings. The normalized spacial score (nSPS) is 19.1. The Labute approximate surface area is 157 Å². The van der Waals surface area contributed by atoms with E-state index in [4.69, 9.17) is 4.74 Å². The van der Waals surface area contributed by atoms with E-state index in [1.54, 1.807) is 36.7 Å². The van der Waals surface area contributed by atoms with Crippen LogP contribution in [-0.2, 0) is 14.3 Å². The number of carbonyl (C=O) groups excluding carboxylic acids is 2. The molecule has 1 aliphatic heterocycles. The van der Waals surface area contributed by atoms with Gasteiger partial charge >= 0.3 is 0 Å². The average molecular weight is 367 g/mol. The highest BCUT2D eigenvalue weighted by Crippen LogP contribution is 2.38. The SMILES string of the molecule is CC(C)OCCN1C(=O)C(=O)/C(=C(\O)c2ccncc2)C1c1ccncc1. The van der Waals surface area contributed by atoms with Crippen molar-refractivity contribution in [2.45, 2.75) is 26.0 Å². The Morgan fingerprint density at radius 1 is 1.11 bits per heavy atom. The number of aliphatic hydroxyl groups is 1. The quantitative estimate of drug-likeness (QED) is 0.478. The zero-order chi connectivity index (χ0) is 19.4. The zero-order valence-corrected chi connectivity index (χ0v) is 15.2. The second kappa shape index (κ2) is 8.09. The van der Waals surface area contributed by atoms with E-state index in [0.29, 0.717) is 17.7 Å². The number of pyridine rings is 2. The Morgan fingerprint density at radius 2 is 1.70 bits per heavy atom. The predicted octanol–water partition coefficient (Wildman–Crippen LogP) is 2.32. The molecule has 0 radical (unpaired) electrons. The molecule has 1 amide bonds. The van der Waals surface area contributed by atoms with Crippen LogP contribution in [0.15, 0.2) is 54.6 Å². The van der Waals surface area contributed by atoms with Crippen molar-refractivity contribution in [3.8, 4) is 0 Å². The molecular weight excluding hydrogens is 346 g/mol. The minimum absolute atomic E-state index is 0.0121. The molecule has 0 aromatic carbocycles. The number of aliphatic hydroxyl groups excluding tert-OH is 1. The van der Waals surface area contributed by atoms with Gasteiger partial charge in [-0.2, -0.15) is 0 Å². The van der Waals surface area contributed by atoms with E-state index in [1.807, 2.05) is 13.8 Å². The second-order valence-corrected chi connectivity index (χ2v) is 6.43. The van der Waals surface area contributed by atoms with Gasteiger partial charge in [-0.15, -0.1) is 0 Å². The number of carbonyl (C=O) groups is 2. The fourth-order valence-electron chi connectivity index (χ4n) is 3.05. The van der Waals surface area contributed by atoms with E-state index in [9.17, 15) is 14.7 Å². The Kier molecular flexibility index (Phi) is 5.61. The van der Waals surface area contributed by atoms with Gasteiger partial charge in [0.1, 0.15) is 5.76 Å². The first-order valence-electron chi connectivity index (χ1n) is 8.71. The van der Waals surface area contributed by atoms with Gasteiger partial charge in [0.2, 0.25) is 0 Å². The highest BCUT2D eigenvalue weighted by atomic mass is 16.5. The Morgan fingerprint density at radius 3 is 2.30 bits per heavy atom. The third kappa shape index (κ3) is 3.88. The topological polar surface area (TPSA) is 92.6 Å². The van der Waals surface area contributed by atoms with Gasteiger partial charge in [-0.1, -0.05) is 0 Å². The van der Waals surface area contributed by atoms with Crippen molar-refractivity contribution in [2.75, 3.05) is 13.2 Å². The number of aromatic nitrogens is 2. The third-order valence-electron chi connectivity index (χ3n) is 4.30. The summed E-state index contributed by atoms with van der Waals surface area (Å²) in [5.41, 5.74) is 1.19. The van der Waals surface area contributed by atoms with E-state index < -0.39 is 17.7 Å². The standard InChI is InChI=1S/C20H21N3O4/c1-13(2)27-12-11-23-17(14-3-7-21-8-4-14)16(19(25)20(23)26)18(24)15-5-9-22-10-6-15/h3-10,13,17,24H,11-12H2,1-2H3/b18-16-. The zero-order valence-electron chi connectivity index (χ0n) is 15.2. The summed E-state index contributed by atoms with van der Waals surface area (Å²) in [6.07, 6.45) is 6.23. The molecule has 7 nitrogen and oxygen atoms in total. The van der Waals surface area contributed by atoms with Crippen LogP contribution in [0.4, 0.5) is 0 Å². The number of nitrogens with zero attached hydrogens (tertiary/aromatic N) is 3. The highest BCUT2D eigenvalue weighted by molar-refractivity contribution is 6.46. The second-order valence-electron chi connectivity index (χ2n) is 6.43. The van der Waals surface area contributed by atoms with E-state index in [-0.39, 0.29) is 24.0 Å². The summed E-state index contributed by atoms with van der Waals surface area (Å²) in [4.78, 5) is 34.7. The number of amides is 1. The summed E-state index contributed by atoms with van der Waals surface area (Å²) in [5.74, 6) is -1.58. The first-order chi connectivity index (χ1) is 13.0. The van der Waals surface area contributed by atoms with Crippen molar-refractivity contribution in [3.63, 3.8) is 0 Å². The lowest BCUT2D eigenvalue weighted by molar-refractivity contribution is -0.140. The van der Waals surface area contributed by atoms with Crippen LogP contribution >= 0.6 is 0 Å². The largest absolute Gasteiger partial charge is 0.507 e. The molecule has 1 saturated heterocycles. The molecular formula is C20H21N3O4. The molecule has 7 heteroatoms. The van der Waals surface area contributed by atoms with Crippen molar-refractivity contribution in [3.05, 3.63) is 65.8 Å². The molecule has 0 saturated carbocycles. The van der Waals surface area contributed by atoms with Crippen molar-refractivity contribution in [1.29, 1.82) is 0 Å². The number of ether oxygens (including phenoxy) is 1. The Bertz CT molecular complexity index is 850. The molecule has 3 heterocycles. The molecule has 2 aromatic heterocycles. The Balaban J connectivity index is 2.05. The van der Waals surface area contributed by atoms with Crippen LogP contribution in [0, 0.1) is 0 Å². The smallest absolute Gasteiger partial charge is 0.295 e. The molecule has 27 heavy (non-hydrogen) atoms. The monoisotopic (exact) mass is 367 g/mol. The molecule has 0 bridgehead atoms. The molecule has 0 spiro atoms. The summed E-state index contributed by atoms with van der Waals surface area (Å²) < 4.78 is 5.55. The van der Waals surface area contributed by atoms with Crippen LogP contribution in [-0.4, -0.2) is 50.9 Å². The summed E-state index contributed by atoms with van der Waals surface area (Å²) >= 11 is 0. The number of rotatable bonds is 6. The van der Waals surface area contributed by atoms with Crippen molar-refractivity contribution in [1.82, 2.24) is 14.9 Å². The third-order valence-corrected chi connectivity index (χ3v) is 4.30. The van der Waals surface area contributed by atoms with Crippen LogP contribution in [0.2, 0.25) is 0 Å². The summed E-state index contributed by atoms with van der Waals surface area (Å²) in [5, 5.41) is 10.8. The lowest BCUT2D eigenvalue weighted by Crippen LogP contribution is -2.33. The lowest BCUT2D eigenvalue weighted by Gasteiger charge is -2.25. The summed E-state index contributed by atoms with van der Waals surface area (Å²) in [6.45, 7) is 4.33. The van der Waals surface area contributed by atoms with E-state index in [1.165, 1.54) is 17.3 Å². The minimum Gasteiger partial charge on any atom is -0.507 e. The maximum atomic E-state index is 12.7. The fraction of sp³-hybridized carbons (Fsp3) is 0.300. The van der Waals surface area contributed by atoms with Crippen LogP contribution in [0.1, 0.15) is 31.0 Å². The Hall–Kier alpha value is -3.06. The summed E-state index contributed by atoms with van der Waals surface area (Å²) in [7, 11) is 0. The van der Waals surface area contributed by atoms with Gasteiger partial charge in [-0.3, -0.25) is 19.6 Å². The molecule has 3 rings (SSSR count). The van der Waals surface area contributed by atoms with Gasteiger partial charge in [0, 0.05) is 36.9 Å². The molecule has 140 valence electrons. The van der Waals surface area contributed by atoms with Gasteiger partial charge < -0.3 is 14.7 Å². The van der Waals surface area contributed by atoms with E-state index in [2.05, 4.69) is 9.97 Å². The van der Waals surface area contributed by atoms with Crippen molar-refractivity contribution >= 4 is 17.4 Å². The summed E-state index contributed by atoms with van der Waals surface area (Å²) in [6, 6.07) is 5.94. The minimum atomic E-state index is -0.712. The molecule has 0 aliphatic carbocycles. The number of hydrogen-bond donors (Lipinski definition) is 1. The maximum absolute atomic E-state index is 12.7. The molecule has 1 fully saturated rings. The molecule has 1 N–H and O–H groups in total. The molecule has 1 aliphatic rings. The predicted molar refractivity (Wildman–Crippen MR) is 98.6 cm³/mol. The average Bonchev–Trinajstić information content (AvgIpc) is 2.93. The van der Waals surface area contributed by atoms with Crippen LogP contribution in [0.5, 0.6) is 0 Å². The lowest BCUT2D eigenvalue weighted by atomic mass is 9.96. The first-order valence-corrected chi connectivity index (χ1v) is 8.71. The number of Topliss-reactive ketones (excluding diaryl/α,β-unsaturated/α-hetero) is 1. The van der Waals surface area contributed by atoms with Crippen LogP contribution in [0.3, 0.4) is 0 Å². The fourth-order valence-corrected chi connectivity index (χ4v) is 3.05. The van der Waals surface area contributed by atoms with Gasteiger partial charge in [-0.05, 0) is 43.7 Å². The van der Waals surface area contributed by atoms with Gasteiger partial charge in [0.25, 0.3) is 11.7 Å². The highest BCUT2D eigenvalue weighted by Gasteiger charge is 2.45. The molecule has 1 atom stereocenters. The first kappa shape index (κ1) is 18.7. The van der Waals surface area contributed by atoms with Gasteiger partial charge in [0.15, 0.2) is 0 Å². The number of hydrogen-bond acceptors (Lipinski definition) is 6. The maximum Gasteiger partial charge on any atom is 0.295 e. The van der Waals surface area contributed by atoms with Crippen molar-refractivity contribution in [2.24, 2.45) is 0 Å². The van der Waals surface area contributed by atoms with Crippen LogP contribution < -0.4 is 0 Å². The van der Waals surface area contributed by atoms with Crippen LogP contribution in [0.25, 0.3) is 5.76 Å².